The van der Waals surface area contributed by atoms with Gasteiger partial charge in [-0.15, -0.1) is 0 Å². The standard InChI is InChI=1S/C12H14F2N4O2S/c1-7-10(5-15)12(18-17-7)21(19,20)16-6-8-2-3-9(13)4-11(8)14/h2-4,16H,5-6,15H2,1H3,(H,17,18). The Labute approximate surface area is 120 Å². The van der Waals surface area contributed by atoms with Crippen molar-refractivity contribution in [2.75, 3.05) is 0 Å². The molecule has 0 saturated heterocycles. The molecular weight excluding hydrogens is 302 g/mol. The molecule has 0 saturated carbocycles. The van der Waals surface area contributed by atoms with Crippen molar-refractivity contribution in [1.29, 1.82) is 0 Å². The second-order valence-corrected chi connectivity index (χ2v) is 6.08. The molecule has 2 aromatic rings. The Balaban J connectivity index is 2.22. The number of nitrogens with zero attached hydrogens (tertiary/aromatic N) is 1. The first-order valence-corrected chi connectivity index (χ1v) is 7.51. The van der Waals surface area contributed by atoms with Gasteiger partial charge in [0.1, 0.15) is 11.6 Å². The van der Waals surface area contributed by atoms with Crippen LogP contribution < -0.4 is 10.5 Å². The first-order valence-electron chi connectivity index (χ1n) is 6.02. The lowest BCUT2D eigenvalue weighted by atomic mass is 10.2. The lowest BCUT2D eigenvalue weighted by Gasteiger charge is -2.07. The zero-order valence-corrected chi connectivity index (χ0v) is 12.0. The van der Waals surface area contributed by atoms with Crippen molar-refractivity contribution in [3.63, 3.8) is 0 Å². The fourth-order valence-corrected chi connectivity index (χ4v) is 3.01. The molecule has 0 aliphatic heterocycles. The van der Waals surface area contributed by atoms with Crippen molar-refractivity contribution in [2.24, 2.45) is 5.73 Å². The minimum atomic E-state index is -3.94. The number of benzene rings is 1. The number of nitrogens with one attached hydrogen (secondary N) is 2. The number of sulfonamides is 1. The summed E-state index contributed by atoms with van der Waals surface area (Å²) in [5.41, 5.74) is 6.43. The monoisotopic (exact) mass is 316 g/mol. The number of nitrogens with two attached hydrogens (primary N) is 1. The molecule has 9 heteroatoms. The average Bonchev–Trinajstić information content (AvgIpc) is 2.79. The summed E-state index contributed by atoms with van der Waals surface area (Å²) in [6.07, 6.45) is 0. The molecule has 0 spiro atoms. The molecule has 21 heavy (non-hydrogen) atoms. The molecule has 0 fully saturated rings. The van der Waals surface area contributed by atoms with Crippen LogP contribution in [0.3, 0.4) is 0 Å². The summed E-state index contributed by atoms with van der Waals surface area (Å²) in [6, 6.07) is 2.91. The Hall–Kier alpha value is -1.84. The van der Waals surface area contributed by atoms with Gasteiger partial charge in [-0.2, -0.15) is 5.10 Å². The first kappa shape index (κ1) is 15.5. The highest BCUT2D eigenvalue weighted by atomic mass is 32.2. The van der Waals surface area contributed by atoms with Crippen molar-refractivity contribution in [3.8, 4) is 0 Å². The van der Waals surface area contributed by atoms with Crippen LogP contribution in [0.4, 0.5) is 8.78 Å². The van der Waals surface area contributed by atoms with Crippen LogP contribution in [0.1, 0.15) is 16.8 Å². The van der Waals surface area contributed by atoms with Gasteiger partial charge in [0.2, 0.25) is 0 Å². The van der Waals surface area contributed by atoms with E-state index in [0.29, 0.717) is 17.3 Å². The molecule has 0 radical (unpaired) electrons. The second-order valence-electron chi connectivity index (χ2n) is 4.40. The van der Waals surface area contributed by atoms with Gasteiger partial charge in [0.25, 0.3) is 10.0 Å². The zero-order valence-electron chi connectivity index (χ0n) is 11.2. The van der Waals surface area contributed by atoms with Crippen LogP contribution >= 0.6 is 0 Å². The van der Waals surface area contributed by atoms with Crippen LogP contribution in [0.5, 0.6) is 0 Å². The van der Waals surface area contributed by atoms with E-state index in [1.807, 2.05) is 0 Å². The first-order chi connectivity index (χ1) is 9.85. The predicted octanol–water partition coefficient (Wildman–Crippen LogP) is 0.934. The molecule has 0 atom stereocenters. The third kappa shape index (κ3) is 3.26. The van der Waals surface area contributed by atoms with E-state index in [4.69, 9.17) is 5.73 Å². The molecule has 6 nitrogen and oxygen atoms in total. The lowest BCUT2D eigenvalue weighted by Crippen LogP contribution is -2.25. The van der Waals surface area contributed by atoms with Gasteiger partial charge in [-0.05, 0) is 13.0 Å². The van der Waals surface area contributed by atoms with E-state index < -0.39 is 21.7 Å². The summed E-state index contributed by atoms with van der Waals surface area (Å²) in [4.78, 5) is 0. The van der Waals surface area contributed by atoms with Gasteiger partial charge in [-0.3, -0.25) is 5.10 Å². The maximum absolute atomic E-state index is 13.5. The summed E-state index contributed by atoms with van der Waals surface area (Å²) >= 11 is 0. The van der Waals surface area contributed by atoms with E-state index in [-0.39, 0.29) is 23.7 Å². The number of hydrogen-bond acceptors (Lipinski definition) is 4. The Bertz CT molecular complexity index is 759. The smallest absolute Gasteiger partial charge is 0.260 e. The van der Waals surface area contributed by atoms with E-state index in [2.05, 4.69) is 14.9 Å². The van der Waals surface area contributed by atoms with E-state index in [0.717, 1.165) is 6.07 Å². The molecule has 4 N–H and O–H groups in total. The van der Waals surface area contributed by atoms with Gasteiger partial charge < -0.3 is 5.73 Å². The molecule has 0 amide bonds. The average molecular weight is 316 g/mol. The van der Waals surface area contributed by atoms with Crippen LogP contribution in [-0.2, 0) is 23.1 Å². The number of halogens is 2. The second kappa shape index (κ2) is 5.88. The minimum Gasteiger partial charge on any atom is -0.326 e. The molecule has 114 valence electrons. The normalized spacial score (nSPS) is 11.8. The fourth-order valence-electron chi connectivity index (χ4n) is 1.80. The molecular formula is C12H14F2N4O2S. The topological polar surface area (TPSA) is 101 Å². The van der Waals surface area contributed by atoms with Crippen molar-refractivity contribution >= 4 is 10.0 Å². The maximum Gasteiger partial charge on any atom is 0.260 e. The van der Waals surface area contributed by atoms with Crippen LogP contribution in [0.2, 0.25) is 0 Å². The van der Waals surface area contributed by atoms with Gasteiger partial charge >= 0.3 is 0 Å². The summed E-state index contributed by atoms with van der Waals surface area (Å²) in [7, 11) is -3.94. The highest BCUT2D eigenvalue weighted by Gasteiger charge is 2.23. The van der Waals surface area contributed by atoms with Crippen molar-refractivity contribution in [2.45, 2.75) is 25.0 Å². The highest BCUT2D eigenvalue weighted by molar-refractivity contribution is 7.89. The van der Waals surface area contributed by atoms with Crippen LogP contribution in [0.15, 0.2) is 23.2 Å². The van der Waals surface area contributed by atoms with Gasteiger partial charge in [-0.1, -0.05) is 6.07 Å². The Morgan fingerprint density at radius 2 is 2.10 bits per heavy atom. The molecule has 0 aliphatic carbocycles. The number of aryl methyl sites for hydroxylation is 1. The Morgan fingerprint density at radius 1 is 1.38 bits per heavy atom. The fraction of sp³-hybridized carbons (Fsp3) is 0.250. The third-order valence-electron chi connectivity index (χ3n) is 2.96. The largest absolute Gasteiger partial charge is 0.326 e. The quantitative estimate of drug-likeness (QED) is 0.764. The van der Waals surface area contributed by atoms with Gasteiger partial charge in [0.05, 0.1) is 0 Å². The number of rotatable bonds is 5. The summed E-state index contributed by atoms with van der Waals surface area (Å²) < 4.78 is 52.7. The molecule has 2 rings (SSSR count). The molecule has 1 aromatic heterocycles. The van der Waals surface area contributed by atoms with Crippen molar-refractivity contribution in [3.05, 3.63) is 46.7 Å². The molecule has 0 bridgehead atoms. The highest BCUT2D eigenvalue weighted by Crippen LogP contribution is 2.16. The predicted molar refractivity (Wildman–Crippen MR) is 71.6 cm³/mol. The van der Waals surface area contributed by atoms with Gasteiger partial charge in [0, 0.05) is 36.0 Å². The lowest BCUT2D eigenvalue weighted by molar-refractivity contribution is 0.560. The molecule has 1 heterocycles. The van der Waals surface area contributed by atoms with Gasteiger partial charge in [0.15, 0.2) is 5.03 Å². The number of aromatic amines is 1. The van der Waals surface area contributed by atoms with Crippen LogP contribution in [0, 0.1) is 18.6 Å². The summed E-state index contributed by atoms with van der Waals surface area (Å²) in [6.45, 7) is 1.34. The SMILES string of the molecule is Cc1[nH]nc(S(=O)(=O)NCc2ccc(F)cc2F)c1CN. The zero-order chi connectivity index (χ0) is 15.6. The van der Waals surface area contributed by atoms with Gasteiger partial charge in [-0.25, -0.2) is 21.9 Å². The number of aromatic nitrogens is 2. The number of H-pyrrole nitrogens is 1. The summed E-state index contributed by atoms with van der Waals surface area (Å²) in [5.74, 6) is -1.55. The van der Waals surface area contributed by atoms with E-state index >= 15 is 0 Å². The van der Waals surface area contributed by atoms with Crippen molar-refractivity contribution < 1.29 is 17.2 Å². The van der Waals surface area contributed by atoms with E-state index in [1.165, 1.54) is 6.07 Å². The maximum atomic E-state index is 13.5. The number of hydrogen-bond donors (Lipinski definition) is 3. The third-order valence-corrected chi connectivity index (χ3v) is 4.33. The Morgan fingerprint density at radius 3 is 2.71 bits per heavy atom. The minimum absolute atomic E-state index is 0.00346. The van der Waals surface area contributed by atoms with E-state index in [9.17, 15) is 17.2 Å². The molecule has 0 aliphatic rings. The van der Waals surface area contributed by atoms with Crippen LogP contribution in [0.25, 0.3) is 0 Å². The van der Waals surface area contributed by atoms with Crippen molar-refractivity contribution in [1.82, 2.24) is 14.9 Å². The molecule has 0 unspecified atom stereocenters. The summed E-state index contributed by atoms with van der Waals surface area (Å²) in [5, 5.41) is 6.02. The molecule has 1 aromatic carbocycles. The van der Waals surface area contributed by atoms with Crippen LogP contribution in [-0.4, -0.2) is 18.6 Å². The Kier molecular flexibility index (Phi) is 4.35. The van der Waals surface area contributed by atoms with E-state index in [1.54, 1.807) is 6.92 Å².